The van der Waals surface area contributed by atoms with Gasteiger partial charge < -0.3 is 10.2 Å². The first-order valence-electron chi connectivity index (χ1n) is 9.13. The molecule has 0 saturated carbocycles. The van der Waals surface area contributed by atoms with Gasteiger partial charge in [-0.2, -0.15) is 5.10 Å². The number of carbonyl (C=O) groups excluding carboxylic acids is 1. The average molecular weight is 371 g/mol. The van der Waals surface area contributed by atoms with E-state index in [1.165, 1.54) is 16.9 Å². The van der Waals surface area contributed by atoms with Crippen molar-refractivity contribution in [2.24, 2.45) is 0 Å². The molecule has 2 aromatic heterocycles. The average Bonchev–Trinajstić information content (AvgIpc) is 3.21. The number of amides is 1. The number of benzene rings is 1. The minimum absolute atomic E-state index is 0.00372. The van der Waals surface area contributed by atoms with Crippen molar-refractivity contribution in [3.8, 4) is 0 Å². The number of hydrogen-bond acceptors (Lipinski definition) is 4. The van der Waals surface area contributed by atoms with Crippen LogP contribution in [0.2, 0.25) is 0 Å². The lowest BCUT2D eigenvalue weighted by Gasteiger charge is -2.17. The van der Waals surface area contributed by atoms with Crippen LogP contribution in [0.3, 0.4) is 0 Å². The van der Waals surface area contributed by atoms with Crippen LogP contribution in [0, 0.1) is 6.92 Å². The second-order valence-corrected chi connectivity index (χ2v) is 7.37. The maximum atomic E-state index is 12.5. The molecule has 0 saturated heterocycles. The van der Waals surface area contributed by atoms with Crippen LogP contribution in [-0.4, -0.2) is 46.8 Å². The molecule has 26 heavy (non-hydrogen) atoms. The zero-order valence-electron chi connectivity index (χ0n) is 15.7. The quantitative estimate of drug-likeness (QED) is 0.660. The summed E-state index contributed by atoms with van der Waals surface area (Å²) in [7, 11) is 0. The molecule has 0 fully saturated rings. The van der Waals surface area contributed by atoms with E-state index < -0.39 is 0 Å². The van der Waals surface area contributed by atoms with Crippen molar-refractivity contribution in [3.63, 3.8) is 0 Å². The summed E-state index contributed by atoms with van der Waals surface area (Å²) in [5, 5.41) is 8.75. The van der Waals surface area contributed by atoms with Gasteiger partial charge >= 0.3 is 0 Å². The smallest absolute Gasteiger partial charge is 0.261 e. The number of aryl methyl sites for hydroxylation is 1. The lowest BCUT2D eigenvalue weighted by molar-refractivity contribution is 0.0953. The fourth-order valence-electron chi connectivity index (χ4n) is 3.04. The molecule has 0 radical (unpaired) electrons. The highest BCUT2D eigenvalue weighted by Gasteiger charge is 2.16. The molecule has 5 nitrogen and oxygen atoms in total. The van der Waals surface area contributed by atoms with Crippen LogP contribution in [0.15, 0.2) is 36.4 Å². The number of nitrogens with zero attached hydrogens (tertiary/aromatic N) is 3. The molecule has 6 heteroatoms. The molecule has 1 amide bonds. The highest BCUT2D eigenvalue weighted by molar-refractivity contribution is 7.20. The largest absolute Gasteiger partial charge is 0.350 e. The number of fused-ring (bicyclic) bond motifs is 1. The molecular weight excluding hydrogens is 344 g/mol. The van der Waals surface area contributed by atoms with Gasteiger partial charge in [0.05, 0.1) is 17.1 Å². The predicted molar refractivity (Wildman–Crippen MR) is 108 cm³/mol. The Bertz CT molecular complexity index is 865. The summed E-state index contributed by atoms with van der Waals surface area (Å²) in [6.45, 7) is 10.5. The zero-order chi connectivity index (χ0) is 18.5. The molecule has 0 bridgehead atoms. The van der Waals surface area contributed by atoms with Gasteiger partial charge in [-0.1, -0.05) is 44.2 Å². The number of nitrogens with one attached hydrogen (secondary N) is 1. The zero-order valence-corrected chi connectivity index (χ0v) is 16.5. The number of likely N-dealkylation sites (N-methyl/N-ethyl adjacent to an activating group) is 1. The summed E-state index contributed by atoms with van der Waals surface area (Å²) < 4.78 is 2.00. The first kappa shape index (κ1) is 18.6. The summed E-state index contributed by atoms with van der Waals surface area (Å²) >= 11 is 1.52. The highest BCUT2D eigenvalue weighted by atomic mass is 32.1. The Kier molecular flexibility index (Phi) is 6.06. The summed E-state index contributed by atoms with van der Waals surface area (Å²) in [6, 6.07) is 12.2. The first-order valence-corrected chi connectivity index (χ1v) is 9.95. The van der Waals surface area contributed by atoms with E-state index in [1.807, 2.05) is 35.9 Å². The van der Waals surface area contributed by atoms with Crippen molar-refractivity contribution in [2.75, 3.05) is 26.2 Å². The van der Waals surface area contributed by atoms with Gasteiger partial charge in [-0.05, 0) is 31.6 Å². The van der Waals surface area contributed by atoms with Crippen molar-refractivity contribution in [1.29, 1.82) is 0 Å². The van der Waals surface area contributed by atoms with Crippen LogP contribution in [-0.2, 0) is 6.54 Å². The Morgan fingerprint density at radius 1 is 1.23 bits per heavy atom. The van der Waals surface area contributed by atoms with Crippen LogP contribution in [0.4, 0.5) is 0 Å². The molecule has 0 unspecified atom stereocenters. The molecular formula is C20H26N4OS. The Morgan fingerprint density at radius 3 is 2.65 bits per heavy atom. The Balaban J connectivity index is 1.72. The van der Waals surface area contributed by atoms with Gasteiger partial charge in [0.15, 0.2) is 0 Å². The number of carbonyl (C=O) groups is 1. The maximum absolute atomic E-state index is 12.5. The van der Waals surface area contributed by atoms with Crippen molar-refractivity contribution in [2.45, 2.75) is 27.3 Å². The number of thiophene rings is 1. The van der Waals surface area contributed by atoms with E-state index in [1.54, 1.807) is 0 Å². The highest BCUT2D eigenvalue weighted by Crippen LogP contribution is 2.28. The molecule has 1 N–H and O–H groups in total. The fraction of sp³-hybridized carbons (Fsp3) is 0.400. The molecule has 0 aliphatic carbocycles. The summed E-state index contributed by atoms with van der Waals surface area (Å²) in [5.74, 6) is 0.00372. The normalized spacial score (nSPS) is 11.4. The minimum Gasteiger partial charge on any atom is -0.350 e. The Labute approximate surface area is 158 Å². The van der Waals surface area contributed by atoms with Crippen molar-refractivity contribution < 1.29 is 4.79 Å². The molecule has 138 valence electrons. The van der Waals surface area contributed by atoms with Gasteiger partial charge in [-0.3, -0.25) is 9.48 Å². The molecule has 0 atom stereocenters. The molecule has 3 rings (SSSR count). The second-order valence-electron chi connectivity index (χ2n) is 6.34. The standard InChI is InChI=1S/C20H26N4OS/c1-4-23(5-2)12-11-21-19(25)18-13-17-15(3)22-24(20(17)26-18)14-16-9-7-6-8-10-16/h6-10,13H,4-5,11-12,14H2,1-3H3,(H,21,25). The number of hydrogen-bond donors (Lipinski definition) is 1. The van der Waals surface area contributed by atoms with E-state index in [0.717, 1.165) is 40.4 Å². The third kappa shape index (κ3) is 4.14. The van der Waals surface area contributed by atoms with Gasteiger partial charge in [0.25, 0.3) is 5.91 Å². The van der Waals surface area contributed by atoms with Gasteiger partial charge in [0, 0.05) is 18.5 Å². The monoisotopic (exact) mass is 370 g/mol. The molecule has 0 aliphatic heterocycles. The van der Waals surface area contributed by atoms with Crippen LogP contribution in [0.5, 0.6) is 0 Å². The Hall–Kier alpha value is -2.18. The molecule has 0 aliphatic rings. The second kappa shape index (κ2) is 8.47. The van der Waals surface area contributed by atoms with Crippen LogP contribution in [0.25, 0.3) is 10.2 Å². The van der Waals surface area contributed by atoms with Crippen molar-refractivity contribution >= 4 is 27.5 Å². The van der Waals surface area contributed by atoms with Gasteiger partial charge in [-0.25, -0.2) is 0 Å². The van der Waals surface area contributed by atoms with E-state index in [-0.39, 0.29) is 5.91 Å². The van der Waals surface area contributed by atoms with E-state index in [4.69, 9.17) is 0 Å². The van der Waals surface area contributed by atoms with Crippen molar-refractivity contribution in [1.82, 2.24) is 20.0 Å². The first-order chi connectivity index (χ1) is 12.6. The number of rotatable bonds is 8. The van der Waals surface area contributed by atoms with Crippen LogP contribution in [0.1, 0.15) is 34.8 Å². The van der Waals surface area contributed by atoms with Gasteiger partial charge in [-0.15, -0.1) is 11.3 Å². The van der Waals surface area contributed by atoms with Crippen LogP contribution >= 0.6 is 11.3 Å². The lowest BCUT2D eigenvalue weighted by atomic mass is 10.2. The molecule has 1 aromatic carbocycles. The lowest BCUT2D eigenvalue weighted by Crippen LogP contribution is -2.34. The maximum Gasteiger partial charge on any atom is 0.261 e. The predicted octanol–water partition coefficient (Wildman–Crippen LogP) is 3.53. The van der Waals surface area contributed by atoms with Crippen LogP contribution < -0.4 is 5.32 Å². The topological polar surface area (TPSA) is 50.2 Å². The summed E-state index contributed by atoms with van der Waals surface area (Å²) in [6.07, 6.45) is 0. The molecule has 0 spiro atoms. The SMILES string of the molecule is CCN(CC)CCNC(=O)c1cc2c(C)nn(Cc3ccccc3)c2s1. The van der Waals surface area contributed by atoms with E-state index >= 15 is 0 Å². The third-order valence-electron chi connectivity index (χ3n) is 4.61. The van der Waals surface area contributed by atoms with E-state index in [0.29, 0.717) is 13.1 Å². The summed E-state index contributed by atoms with van der Waals surface area (Å²) in [4.78, 5) is 16.6. The Morgan fingerprint density at radius 2 is 1.96 bits per heavy atom. The fourth-order valence-corrected chi connectivity index (χ4v) is 4.12. The van der Waals surface area contributed by atoms with E-state index in [9.17, 15) is 4.79 Å². The molecule has 3 aromatic rings. The van der Waals surface area contributed by atoms with E-state index in [2.05, 4.69) is 41.3 Å². The van der Waals surface area contributed by atoms with Crippen molar-refractivity contribution in [3.05, 3.63) is 52.5 Å². The third-order valence-corrected chi connectivity index (χ3v) is 5.76. The van der Waals surface area contributed by atoms with Gasteiger partial charge in [0.1, 0.15) is 4.83 Å². The molecule has 2 heterocycles. The number of aromatic nitrogens is 2. The van der Waals surface area contributed by atoms with Gasteiger partial charge in [0.2, 0.25) is 0 Å². The summed E-state index contributed by atoms with van der Waals surface area (Å²) in [5.41, 5.74) is 2.17. The minimum atomic E-state index is 0.00372.